The first kappa shape index (κ1) is 13.1. The van der Waals surface area contributed by atoms with Gasteiger partial charge in [0.05, 0.1) is 0 Å². The van der Waals surface area contributed by atoms with E-state index in [1.54, 1.807) is 11.3 Å². The maximum Gasteiger partial charge on any atom is 0.122 e. The molecule has 0 aliphatic heterocycles. The Kier molecular flexibility index (Phi) is 4.39. The Labute approximate surface area is 112 Å². The second-order valence-corrected chi connectivity index (χ2v) is 5.59. The number of thiophene rings is 1. The number of ether oxygens (including phenoxy) is 1. The summed E-state index contributed by atoms with van der Waals surface area (Å²) in [6.45, 7) is 5.50. The van der Waals surface area contributed by atoms with Gasteiger partial charge < -0.3 is 10.5 Å². The van der Waals surface area contributed by atoms with E-state index in [-0.39, 0.29) is 0 Å². The van der Waals surface area contributed by atoms with Crippen LogP contribution in [0.5, 0.6) is 5.75 Å². The van der Waals surface area contributed by atoms with Gasteiger partial charge >= 0.3 is 0 Å². The molecule has 96 valence electrons. The highest BCUT2D eigenvalue weighted by atomic mass is 32.1. The summed E-state index contributed by atoms with van der Waals surface area (Å²) in [5.41, 5.74) is 8.15. The van der Waals surface area contributed by atoms with Crippen LogP contribution < -0.4 is 10.5 Å². The smallest absolute Gasteiger partial charge is 0.122 e. The van der Waals surface area contributed by atoms with Crippen molar-refractivity contribution in [1.82, 2.24) is 0 Å². The largest absolute Gasteiger partial charge is 0.489 e. The molecule has 0 aliphatic rings. The van der Waals surface area contributed by atoms with Gasteiger partial charge in [0.1, 0.15) is 12.4 Å². The van der Waals surface area contributed by atoms with E-state index >= 15 is 0 Å². The monoisotopic (exact) mass is 261 g/mol. The number of hydrogen-bond donors (Lipinski definition) is 1. The van der Waals surface area contributed by atoms with Crippen molar-refractivity contribution in [3.8, 4) is 5.75 Å². The summed E-state index contributed by atoms with van der Waals surface area (Å²) in [4.78, 5) is 2.51. The maximum absolute atomic E-state index is 5.92. The third-order valence-electron chi connectivity index (χ3n) is 3.01. The lowest BCUT2D eigenvalue weighted by Gasteiger charge is -2.09. The average molecular weight is 261 g/mol. The minimum atomic E-state index is 0.608. The van der Waals surface area contributed by atoms with Crippen LogP contribution >= 0.6 is 11.3 Å². The second-order valence-electron chi connectivity index (χ2n) is 4.25. The summed E-state index contributed by atoms with van der Waals surface area (Å²) in [5.74, 6) is 0.986. The number of hydrogen-bond acceptors (Lipinski definition) is 3. The van der Waals surface area contributed by atoms with E-state index in [0.29, 0.717) is 13.2 Å². The quantitative estimate of drug-likeness (QED) is 0.891. The van der Waals surface area contributed by atoms with Gasteiger partial charge in [-0.3, -0.25) is 0 Å². The van der Waals surface area contributed by atoms with Gasteiger partial charge in [0.25, 0.3) is 0 Å². The van der Waals surface area contributed by atoms with Gasteiger partial charge in [-0.15, -0.1) is 11.3 Å². The standard InChI is InChI=1S/C15H19NOS/c1-3-12-6-4-5-7-15(12)17-10-13-8-14(9-16)18-11(13)2/h4-8H,3,9-10,16H2,1-2H3. The lowest BCUT2D eigenvalue weighted by molar-refractivity contribution is 0.303. The summed E-state index contributed by atoms with van der Waals surface area (Å²) in [7, 11) is 0. The molecule has 0 fully saturated rings. The predicted molar refractivity (Wildman–Crippen MR) is 77.1 cm³/mol. The van der Waals surface area contributed by atoms with E-state index in [1.807, 2.05) is 18.2 Å². The highest BCUT2D eigenvalue weighted by Gasteiger charge is 2.06. The normalized spacial score (nSPS) is 10.6. The van der Waals surface area contributed by atoms with Crippen LogP contribution in [0.1, 0.15) is 27.8 Å². The number of aryl methyl sites for hydroxylation is 2. The molecule has 2 aromatic rings. The number of nitrogens with two attached hydrogens (primary N) is 1. The maximum atomic E-state index is 5.92. The molecule has 0 bridgehead atoms. The molecular formula is C15H19NOS. The summed E-state index contributed by atoms with van der Waals surface area (Å²) < 4.78 is 5.92. The van der Waals surface area contributed by atoms with Crippen LogP contribution in [0.4, 0.5) is 0 Å². The van der Waals surface area contributed by atoms with Gasteiger partial charge in [0, 0.05) is 21.9 Å². The third kappa shape index (κ3) is 2.92. The number of benzene rings is 1. The van der Waals surface area contributed by atoms with Crippen molar-refractivity contribution in [2.45, 2.75) is 33.4 Å². The Bertz CT molecular complexity index is 519. The molecule has 18 heavy (non-hydrogen) atoms. The van der Waals surface area contributed by atoms with Crippen LogP contribution in [0.15, 0.2) is 30.3 Å². The zero-order chi connectivity index (χ0) is 13.0. The molecule has 1 aromatic carbocycles. The molecular weight excluding hydrogens is 242 g/mol. The molecule has 0 atom stereocenters. The van der Waals surface area contributed by atoms with Crippen LogP contribution in [-0.2, 0) is 19.6 Å². The summed E-state index contributed by atoms with van der Waals surface area (Å²) in [6, 6.07) is 10.4. The van der Waals surface area contributed by atoms with Gasteiger partial charge in [0.15, 0.2) is 0 Å². The number of para-hydroxylation sites is 1. The molecule has 0 aliphatic carbocycles. The molecule has 3 heteroatoms. The first-order chi connectivity index (χ1) is 8.74. The predicted octanol–water partition coefficient (Wildman–Crippen LogP) is 3.66. The van der Waals surface area contributed by atoms with E-state index in [4.69, 9.17) is 10.5 Å². The van der Waals surface area contributed by atoms with Crippen LogP contribution in [0.3, 0.4) is 0 Å². The minimum Gasteiger partial charge on any atom is -0.489 e. The van der Waals surface area contributed by atoms with Crippen LogP contribution in [-0.4, -0.2) is 0 Å². The van der Waals surface area contributed by atoms with Crippen molar-refractivity contribution in [1.29, 1.82) is 0 Å². The summed E-state index contributed by atoms with van der Waals surface area (Å²) >= 11 is 1.75. The zero-order valence-corrected chi connectivity index (χ0v) is 11.7. The van der Waals surface area contributed by atoms with Gasteiger partial charge in [-0.1, -0.05) is 25.1 Å². The fourth-order valence-electron chi connectivity index (χ4n) is 1.92. The number of rotatable bonds is 5. The molecule has 0 spiro atoms. The Hall–Kier alpha value is -1.32. The van der Waals surface area contributed by atoms with Crippen molar-refractivity contribution in [2.24, 2.45) is 5.73 Å². The van der Waals surface area contributed by atoms with Gasteiger partial charge in [-0.25, -0.2) is 0 Å². The Balaban J connectivity index is 2.08. The molecule has 0 unspecified atom stereocenters. The molecule has 1 heterocycles. The second kappa shape index (κ2) is 6.03. The van der Waals surface area contributed by atoms with Crippen molar-refractivity contribution >= 4 is 11.3 Å². The first-order valence-electron chi connectivity index (χ1n) is 6.23. The zero-order valence-electron chi connectivity index (χ0n) is 10.9. The van der Waals surface area contributed by atoms with E-state index in [2.05, 4.69) is 26.0 Å². The van der Waals surface area contributed by atoms with Crippen molar-refractivity contribution in [3.63, 3.8) is 0 Å². The third-order valence-corrected chi connectivity index (χ3v) is 4.12. The van der Waals surface area contributed by atoms with Gasteiger partial charge in [0.2, 0.25) is 0 Å². The Morgan fingerprint density at radius 2 is 2.00 bits per heavy atom. The highest BCUT2D eigenvalue weighted by molar-refractivity contribution is 7.12. The highest BCUT2D eigenvalue weighted by Crippen LogP contribution is 2.24. The molecule has 0 saturated carbocycles. The SMILES string of the molecule is CCc1ccccc1OCc1cc(CN)sc1C. The minimum absolute atomic E-state index is 0.608. The van der Waals surface area contributed by atoms with Crippen molar-refractivity contribution < 1.29 is 4.74 Å². The molecule has 2 N–H and O–H groups in total. The summed E-state index contributed by atoms with van der Waals surface area (Å²) in [5, 5.41) is 0. The molecule has 0 saturated heterocycles. The van der Waals surface area contributed by atoms with E-state index < -0.39 is 0 Å². The van der Waals surface area contributed by atoms with E-state index in [1.165, 1.54) is 20.9 Å². The van der Waals surface area contributed by atoms with Crippen molar-refractivity contribution in [2.75, 3.05) is 0 Å². The fourth-order valence-corrected chi connectivity index (χ4v) is 2.85. The molecule has 0 radical (unpaired) electrons. The first-order valence-corrected chi connectivity index (χ1v) is 7.05. The summed E-state index contributed by atoms with van der Waals surface area (Å²) in [6.07, 6.45) is 0.993. The molecule has 1 aromatic heterocycles. The lowest BCUT2D eigenvalue weighted by atomic mass is 10.1. The Morgan fingerprint density at radius 3 is 2.67 bits per heavy atom. The van der Waals surface area contributed by atoms with E-state index in [9.17, 15) is 0 Å². The van der Waals surface area contributed by atoms with E-state index in [0.717, 1.165) is 12.2 Å². The van der Waals surface area contributed by atoms with Crippen LogP contribution in [0.25, 0.3) is 0 Å². The van der Waals surface area contributed by atoms with Crippen LogP contribution in [0.2, 0.25) is 0 Å². The average Bonchev–Trinajstić information content (AvgIpc) is 2.77. The van der Waals surface area contributed by atoms with Crippen molar-refractivity contribution in [3.05, 3.63) is 51.2 Å². The Morgan fingerprint density at radius 1 is 1.22 bits per heavy atom. The topological polar surface area (TPSA) is 35.2 Å². The molecule has 0 amide bonds. The van der Waals surface area contributed by atoms with Gasteiger partial charge in [-0.05, 0) is 31.0 Å². The van der Waals surface area contributed by atoms with Crippen LogP contribution in [0, 0.1) is 6.92 Å². The fraction of sp³-hybridized carbons (Fsp3) is 0.333. The lowest BCUT2D eigenvalue weighted by Crippen LogP contribution is -1.98. The molecule has 2 rings (SSSR count). The molecule has 2 nitrogen and oxygen atoms in total. The van der Waals surface area contributed by atoms with Gasteiger partial charge in [-0.2, -0.15) is 0 Å².